The van der Waals surface area contributed by atoms with E-state index in [0.29, 0.717) is 23.3 Å². The second-order valence-corrected chi connectivity index (χ2v) is 8.38. The van der Waals surface area contributed by atoms with Gasteiger partial charge >= 0.3 is 0 Å². The monoisotopic (exact) mass is 376 g/mol. The van der Waals surface area contributed by atoms with Crippen LogP contribution < -0.4 is 5.32 Å². The molecule has 6 heteroatoms. The standard InChI is InChI=1S/C22H18F2N4/c23-15-7-16(24)13(6-12(15)8-25)22-20-11-2-1-10(5-11)19(20)21-14-9-26-28-17(14)3-4-18(21)27-22/h3-4,6-7,9-11,19-20,22,27H,1-2,5H2,(H,26,28)/t10-,11+,19+,20-,22+/m1/s1. The lowest BCUT2D eigenvalue weighted by molar-refractivity contribution is 0.246. The molecule has 140 valence electrons. The summed E-state index contributed by atoms with van der Waals surface area (Å²) >= 11 is 0. The molecule has 3 aliphatic rings. The molecule has 0 spiro atoms. The molecule has 1 aliphatic heterocycles. The summed E-state index contributed by atoms with van der Waals surface area (Å²) in [5, 5.41) is 21.2. The van der Waals surface area contributed by atoms with Gasteiger partial charge in [0, 0.05) is 22.7 Å². The highest BCUT2D eigenvalue weighted by molar-refractivity contribution is 5.88. The molecule has 2 bridgehead atoms. The molecular formula is C22H18F2N4. The van der Waals surface area contributed by atoms with Crippen LogP contribution in [-0.2, 0) is 0 Å². The average Bonchev–Trinajstić information content (AvgIpc) is 3.43. The Balaban J connectivity index is 1.57. The molecule has 2 aromatic carbocycles. The van der Waals surface area contributed by atoms with E-state index in [4.69, 9.17) is 0 Å². The maximum absolute atomic E-state index is 14.8. The van der Waals surface area contributed by atoms with Crippen LogP contribution >= 0.6 is 0 Å². The van der Waals surface area contributed by atoms with Crippen molar-refractivity contribution in [3.8, 4) is 6.07 Å². The minimum absolute atomic E-state index is 0.103. The van der Waals surface area contributed by atoms with Gasteiger partial charge in [-0.3, -0.25) is 5.10 Å². The van der Waals surface area contributed by atoms with Crippen molar-refractivity contribution in [3.63, 3.8) is 0 Å². The molecule has 0 unspecified atom stereocenters. The third kappa shape index (κ3) is 1.99. The van der Waals surface area contributed by atoms with E-state index in [1.54, 1.807) is 0 Å². The van der Waals surface area contributed by atoms with Crippen LogP contribution in [0.5, 0.6) is 0 Å². The maximum atomic E-state index is 14.8. The number of nitrogens with one attached hydrogen (secondary N) is 2. The van der Waals surface area contributed by atoms with Gasteiger partial charge in [0.05, 0.1) is 23.3 Å². The van der Waals surface area contributed by atoms with Gasteiger partial charge in [-0.05, 0) is 66.7 Å². The number of fused-ring (bicyclic) bond motifs is 9. The summed E-state index contributed by atoms with van der Waals surface area (Å²) in [6, 6.07) is 7.86. The van der Waals surface area contributed by atoms with Crippen molar-refractivity contribution < 1.29 is 8.78 Å². The van der Waals surface area contributed by atoms with Gasteiger partial charge < -0.3 is 5.32 Å². The number of nitrogens with zero attached hydrogens (tertiary/aromatic N) is 2. The molecule has 0 radical (unpaired) electrons. The van der Waals surface area contributed by atoms with Crippen LogP contribution in [-0.4, -0.2) is 10.2 Å². The Hall–Kier alpha value is -2.94. The number of hydrogen-bond acceptors (Lipinski definition) is 3. The van der Waals surface area contributed by atoms with E-state index in [1.807, 2.05) is 24.4 Å². The summed E-state index contributed by atoms with van der Waals surface area (Å²) in [7, 11) is 0. The van der Waals surface area contributed by atoms with Crippen LogP contribution in [0.25, 0.3) is 10.9 Å². The van der Waals surface area contributed by atoms with Gasteiger partial charge in [0.25, 0.3) is 0 Å². The molecule has 2 fully saturated rings. The van der Waals surface area contributed by atoms with E-state index < -0.39 is 11.6 Å². The average molecular weight is 376 g/mol. The molecule has 2 saturated carbocycles. The molecule has 28 heavy (non-hydrogen) atoms. The minimum Gasteiger partial charge on any atom is -0.378 e. The first-order chi connectivity index (χ1) is 13.7. The van der Waals surface area contributed by atoms with Gasteiger partial charge in [0.15, 0.2) is 0 Å². The molecule has 0 saturated heterocycles. The van der Waals surface area contributed by atoms with Gasteiger partial charge in [0.2, 0.25) is 0 Å². The summed E-state index contributed by atoms with van der Waals surface area (Å²) in [5.74, 6) is 0.276. The van der Waals surface area contributed by atoms with Crippen LogP contribution in [0.3, 0.4) is 0 Å². The van der Waals surface area contributed by atoms with Gasteiger partial charge in [-0.2, -0.15) is 10.4 Å². The van der Waals surface area contributed by atoms with Crippen LogP contribution in [0.2, 0.25) is 0 Å². The summed E-state index contributed by atoms with van der Waals surface area (Å²) < 4.78 is 28.7. The second kappa shape index (κ2) is 5.54. The Labute approximate surface area is 160 Å². The van der Waals surface area contributed by atoms with Gasteiger partial charge in [0.1, 0.15) is 17.7 Å². The zero-order valence-electron chi connectivity index (χ0n) is 15.0. The summed E-state index contributed by atoms with van der Waals surface area (Å²) in [5.41, 5.74) is 3.59. The number of H-pyrrole nitrogens is 1. The zero-order valence-corrected chi connectivity index (χ0v) is 15.0. The minimum atomic E-state index is -0.801. The number of aromatic amines is 1. The van der Waals surface area contributed by atoms with E-state index in [0.717, 1.165) is 35.5 Å². The lowest BCUT2D eigenvalue weighted by Crippen LogP contribution is -2.36. The molecule has 3 aromatic rings. The summed E-state index contributed by atoms with van der Waals surface area (Å²) in [4.78, 5) is 0. The van der Waals surface area contributed by atoms with E-state index >= 15 is 0 Å². The second-order valence-electron chi connectivity index (χ2n) is 8.38. The molecular weight excluding hydrogens is 358 g/mol. The van der Waals surface area contributed by atoms with Gasteiger partial charge in [-0.1, -0.05) is 0 Å². The highest BCUT2D eigenvalue weighted by Gasteiger charge is 2.54. The van der Waals surface area contributed by atoms with Crippen LogP contribution in [0, 0.1) is 40.7 Å². The van der Waals surface area contributed by atoms with Gasteiger partial charge in [-0.15, -0.1) is 0 Å². The van der Waals surface area contributed by atoms with E-state index in [-0.39, 0.29) is 17.5 Å². The summed E-state index contributed by atoms with van der Waals surface area (Å²) in [6.45, 7) is 0. The Morgan fingerprint density at radius 1 is 1.11 bits per heavy atom. The topological polar surface area (TPSA) is 64.5 Å². The number of benzene rings is 2. The van der Waals surface area contributed by atoms with Crippen LogP contribution in [0.4, 0.5) is 14.5 Å². The van der Waals surface area contributed by atoms with Crippen molar-refractivity contribution in [2.45, 2.75) is 31.2 Å². The lowest BCUT2D eigenvalue weighted by Gasteiger charge is -2.43. The quantitative estimate of drug-likeness (QED) is 0.627. The molecule has 5 atom stereocenters. The Morgan fingerprint density at radius 3 is 2.82 bits per heavy atom. The van der Waals surface area contributed by atoms with E-state index in [1.165, 1.54) is 18.1 Å². The Morgan fingerprint density at radius 2 is 1.96 bits per heavy atom. The highest BCUT2D eigenvalue weighted by Crippen LogP contribution is 2.64. The zero-order chi connectivity index (χ0) is 19.0. The predicted octanol–water partition coefficient (Wildman–Crippen LogP) is 5.01. The number of hydrogen-bond donors (Lipinski definition) is 2. The molecule has 2 N–H and O–H groups in total. The molecule has 2 heterocycles. The normalized spacial score (nSPS) is 30.0. The van der Waals surface area contributed by atoms with Crippen LogP contribution in [0.15, 0.2) is 30.5 Å². The smallest absolute Gasteiger partial charge is 0.143 e. The van der Waals surface area contributed by atoms with Crippen molar-refractivity contribution in [3.05, 3.63) is 58.8 Å². The molecule has 2 aliphatic carbocycles. The number of anilines is 1. The first kappa shape index (κ1) is 16.1. The van der Waals surface area contributed by atoms with Crippen molar-refractivity contribution in [2.24, 2.45) is 17.8 Å². The Bertz CT molecular complexity index is 1160. The highest BCUT2D eigenvalue weighted by atomic mass is 19.1. The maximum Gasteiger partial charge on any atom is 0.143 e. The van der Waals surface area contributed by atoms with Crippen molar-refractivity contribution in [1.29, 1.82) is 5.26 Å². The third-order valence-electron chi connectivity index (χ3n) is 7.22. The molecule has 6 rings (SSSR count). The molecule has 1 aromatic heterocycles. The van der Waals surface area contributed by atoms with Crippen molar-refractivity contribution in [1.82, 2.24) is 10.2 Å². The number of halogens is 2. The fourth-order valence-corrected chi connectivity index (χ4v) is 6.21. The lowest BCUT2D eigenvalue weighted by atomic mass is 9.67. The first-order valence-corrected chi connectivity index (χ1v) is 9.77. The molecule has 0 amide bonds. The SMILES string of the molecule is N#Cc1cc([C@@H]2Nc3ccc4[nH]ncc4c3[C@H]3[C@@H]4CC[C@@H](C4)[C@H]32)c(F)cc1F. The Kier molecular flexibility index (Phi) is 3.18. The third-order valence-corrected chi connectivity index (χ3v) is 7.22. The number of aromatic nitrogens is 2. The van der Waals surface area contributed by atoms with Crippen molar-refractivity contribution >= 4 is 16.6 Å². The fraction of sp³-hybridized carbons (Fsp3) is 0.364. The molecule has 4 nitrogen and oxygen atoms in total. The first-order valence-electron chi connectivity index (χ1n) is 9.77. The van der Waals surface area contributed by atoms with E-state index in [9.17, 15) is 14.0 Å². The fourth-order valence-electron chi connectivity index (χ4n) is 6.21. The summed E-state index contributed by atoms with van der Waals surface area (Å²) in [6.07, 6.45) is 5.37. The van der Waals surface area contributed by atoms with Crippen LogP contribution in [0.1, 0.15) is 47.9 Å². The van der Waals surface area contributed by atoms with Crippen molar-refractivity contribution in [2.75, 3.05) is 5.32 Å². The number of rotatable bonds is 1. The van der Waals surface area contributed by atoms with Gasteiger partial charge in [-0.25, -0.2) is 8.78 Å². The number of nitriles is 1. The van der Waals surface area contributed by atoms with E-state index in [2.05, 4.69) is 15.5 Å². The predicted molar refractivity (Wildman–Crippen MR) is 101 cm³/mol. The largest absolute Gasteiger partial charge is 0.378 e.